The minimum Gasteiger partial charge on any atom is -0.480 e. The Labute approximate surface area is 77.0 Å². The topological polar surface area (TPSA) is 114 Å². The van der Waals surface area contributed by atoms with E-state index < -0.39 is 5.97 Å². The minimum atomic E-state index is -0.968. The molecule has 1 atom stereocenters. The van der Waals surface area contributed by atoms with Crippen molar-refractivity contribution in [1.82, 2.24) is 5.32 Å². The van der Waals surface area contributed by atoms with Crippen LogP contribution in [0.15, 0.2) is 4.99 Å². The van der Waals surface area contributed by atoms with Crippen molar-refractivity contribution in [2.24, 2.45) is 16.5 Å². The highest BCUT2D eigenvalue weighted by molar-refractivity contribution is 5.79. The second-order valence-electron chi connectivity index (χ2n) is 2.57. The zero-order valence-corrected chi connectivity index (χ0v) is 7.66. The van der Waals surface area contributed by atoms with Gasteiger partial charge in [-0.1, -0.05) is 6.92 Å². The number of rotatable bonds is 2. The number of nitrogens with one attached hydrogen (secondary N) is 1. The molecule has 0 aromatic carbocycles. The number of carboxylic acid groups (broad SMARTS) is 1. The molecule has 0 saturated carbocycles. The zero-order valence-electron chi connectivity index (χ0n) is 7.66. The van der Waals surface area contributed by atoms with Crippen LogP contribution < -0.4 is 16.8 Å². The lowest BCUT2D eigenvalue weighted by Gasteiger charge is -2.04. The maximum Gasteiger partial charge on any atom is 0.317 e. The third-order valence-corrected chi connectivity index (χ3v) is 1.50. The summed E-state index contributed by atoms with van der Waals surface area (Å²) < 4.78 is 0. The normalized spacial score (nSPS) is 19.5. The van der Waals surface area contributed by atoms with E-state index in [1.165, 1.54) is 0 Å². The third-order valence-electron chi connectivity index (χ3n) is 1.50. The fourth-order valence-electron chi connectivity index (χ4n) is 0.740. The maximum atomic E-state index is 9.24. The molecule has 0 fully saturated rings. The molecular weight excluding hydrogens is 172 g/mol. The Kier molecular flexibility index (Phi) is 5.62. The Balaban J connectivity index is 0.000000252. The number of carbonyl (C=O) groups is 1. The summed E-state index contributed by atoms with van der Waals surface area (Å²) >= 11 is 0. The predicted octanol–water partition coefficient (Wildman–Crippen LogP) is -1.29. The van der Waals surface area contributed by atoms with Crippen molar-refractivity contribution in [3.63, 3.8) is 0 Å². The van der Waals surface area contributed by atoms with Crippen LogP contribution in [-0.2, 0) is 4.79 Å². The van der Waals surface area contributed by atoms with Gasteiger partial charge in [-0.3, -0.25) is 9.79 Å². The van der Waals surface area contributed by atoms with Crippen LogP contribution in [-0.4, -0.2) is 36.2 Å². The molecule has 6 nitrogen and oxygen atoms in total. The molecule has 13 heavy (non-hydrogen) atoms. The quantitative estimate of drug-likeness (QED) is 0.430. The van der Waals surface area contributed by atoms with Gasteiger partial charge in [0.1, 0.15) is 0 Å². The number of nitrogens with two attached hydrogens (primary N) is 2. The van der Waals surface area contributed by atoms with Crippen molar-refractivity contribution in [1.29, 1.82) is 0 Å². The first-order chi connectivity index (χ1) is 6.10. The fourth-order valence-corrected chi connectivity index (χ4v) is 0.740. The van der Waals surface area contributed by atoms with Gasteiger partial charge in [-0.15, -0.1) is 0 Å². The summed E-state index contributed by atoms with van der Waals surface area (Å²) in [5.41, 5.74) is 9.91. The number of aliphatic imine (C=N–C) groups is 1. The second-order valence-corrected chi connectivity index (χ2v) is 2.57. The molecule has 0 spiro atoms. The number of hydrogen-bond donors (Lipinski definition) is 4. The Morgan fingerprint density at radius 1 is 1.85 bits per heavy atom. The Morgan fingerprint density at radius 2 is 2.38 bits per heavy atom. The molecule has 0 aromatic heterocycles. The summed E-state index contributed by atoms with van der Waals surface area (Å²) in [6.45, 7) is 2.69. The van der Waals surface area contributed by atoms with E-state index >= 15 is 0 Å². The molecule has 76 valence electrons. The Bertz CT molecular complexity index is 193. The summed E-state index contributed by atoms with van der Waals surface area (Å²) in [7, 11) is 0. The van der Waals surface area contributed by atoms with Gasteiger partial charge in [0.2, 0.25) is 0 Å². The van der Waals surface area contributed by atoms with E-state index in [-0.39, 0.29) is 6.54 Å². The van der Waals surface area contributed by atoms with Crippen LogP contribution in [0, 0.1) is 0 Å². The molecule has 0 saturated heterocycles. The number of hydrogen-bond acceptors (Lipinski definition) is 5. The van der Waals surface area contributed by atoms with Gasteiger partial charge in [0, 0.05) is 6.04 Å². The number of carboxylic acids is 1. The van der Waals surface area contributed by atoms with Crippen molar-refractivity contribution in [2.45, 2.75) is 19.4 Å². The first-order valence-corrected chi connectivity index (χ1v) is 4.08. The summed E-state index contributed by atoms with van der Waals surface area (Å²) in [5, 5.41) is 10.6. The molecule has 0 radical (unpaired) electrons. The van der Waals surface area contributed by atoms with E-state index in [1.807, 2.05) is 0 Å². The molecule has 0 aliphatic carbocycles. The lowest BCUT2D eigenvalue weighted by Crippen LogP contribution is -2.34. The first-order valence-electron chi connectivity index (χ1n) is 4.08. The zero-order chi connectivity index (χ0) is 10.3. The Hall–Kier alpha value is -1.30. The number of nitrogens with zero attached hydrogens (tertiary/aromatic N) is 1. The molecule has 0 aromatic rings. The first kappa shape index (κ1) is 11.7. The van der Waals surface area contributed by atoms with Crippen molar-refractivity contribution < 1.29 is 9.90 Å². The number of guanidine groups is 1. The van der Waals surface area contributed by atoms with Gasteiger partial charge >= 0.3 is 5.97 Å². The average molecular weight is 188 g/mol. The van der Waals surface area contributed by atoms with E-state index in [1.54, 1.807) is 0 Å². The second kappa shape index (κ2) is 6.24. The monoisotopic (exact) mass is 188 g/mol. The van der Waals surface area contributed by atoms with Gasteiger partial charge in [0.15, 0.2) is 5.96 Å². The maximum absolute atomic E-state index is 9.24. The van der Waals surface area contributed by atoms with Crippen LogP contribution in [0.1, 0.15) is 13.3 Å². The highest BCUT2D eigenvalue weighted by atomic mass is 16.4. The summed E-state index contributed by atoms with van der Waals surface area (Å²) in [5.74, 6) is -0.373. The van der Waals surface area contributed by atoms with Crippen molar-refractivity contribution in [3.8, 4) is 0 Å². The van der Waals surface area contributed by atoms with Crippen LogP contribution in [0.5, 0.6) is 0 Å². The van der Waals surface area contributed by atoms with Gasteiger partial charge in [-0.25, -0.2) is 0 Å². The van der Waals surface area contributed by atoms with Crippen LogP contribution in [0.2, 0.25) is 0 Å². The van der Waals surface area contributed by atoms with Crippen LogP contribution in [0.25, 0.3) is 0 Å². The molecule has 1 aliphatic heterocycles. The van der Waals surface area contributed by atoms with Crippen molar-refractivity contribution in [3.05, 3.63) is 0 Å². The van der Waals surface area contributed by atoms with E-state index in [4.69, 9.17) is 10.8 Å². The predicted molar refractivity (Wildman–Crippen MR) is 50.4 cm³/mol. The highest BCUT2D eigenvalue weighted by Crippen LogP contribution is 1.95. The van der Waals surface area contributed by atoms with Crippen molar-refractivity contribution >= 4 is 11.9 Å². The summed E-state index contributed by atoms with van der Waals surface area (Å²) in [4.78, 5) is 13.2. The number of aliphatic carboxylic acids is 1. The summed E-state index contributed by atoms with van der Waals surface area (Å²) in [6.07, 6.45) is 1.10. The SMILES string of the molecule is CCC1CN=C(N)N1.NCC(=O)O. The largest absolute Gasteiger partial charge is 0.480 e. The Morgan fingerprint density at radius 3 is 2.54 bits per heavy atom. The van der Waals surface area contributed by atoms with Crippen molar-refractivity contribution in [2.75, 3.05) is 13.1 Å². The molecule has 0 amide bonds. The smallest absolute Gasteiger partial charge is 0.317 e. The molecule has 0 bridgehead atoms. The molecule has 6 heteroatoms. The van der Waals surface area contributed by atoms with Gasteiger partial charge in [-0.2, -0.15) is 0 Å². The van der Waals surface area contributed by atoms with Crippen LogP contribution >= 0.6 is 0 Å². The fraction of sp³-hybridized carbons (Fsp3) is 0.714. The van der Waals surface area contributed by atoms with Gasteiger partial charge < -0.3 is 21.9 Å². The van der Waals surface area contributed by atoms with E-state index in [0.29, 0.717) is 12.0 Å². The van der Waals surface area contributed by atoms with Gasteiger partial charge in [-0.05, 0) is 6.42 Å². The molecule has 1 unspecified atom stereocenters. The standard InChI is InChI=1S/C5H11N3.C2H5NO2/c1-2-4-3-7-5(6)8-4;3-1-2(4)5/h4H,2-3H2,1H3,(H3,6,7,8);1,3H2,(H,4,5). The molecule has 6 N–H and O–H groups in total. The van der Waals surface area contributed by atoms with Crippen LogP contribution in [0.3, 0.4) is 0 Å². The highest BCUT2D eigenvalue weighted by Gasteiger charge is 2.10. The average Bonchev–Trinajstić information content (AvgIpc) is 2.52. The minimum absolute atomic E-state index is 0.278. The molecule has 1 aliphatic rings. The van der Waals surface area contributed by atoms with Crippen LogP contribution in [0.4, 0.5) is 0 Å². The van der Waals surface area contributed by atoms with E-state index in [9.17, 15) is 4.79 Å². The third kappa shape index (κ3) is 5.92. The lowest BCUT2D eigenvalue weighted by atomic mass is 10.2. The van der Waals surface area contributed by atoms with Gasteiger partial charge in [0.05, 0.1) is 13.1 Å². The molecule has 1 rings (SSSR count). The summed E-state index contributed by atoms with van der Waals surface area (Å²) in [6, 6.07) is 0.495. The van der Waals surface area contributed by atoms with Gasteiger partial charge in [0.25, 0.3) is 0 Å². The molecule has 1 heterocycles. The van der Waals surface area contributed by atoms with E-state index in [2.05, 4.69) is 23.0 Å². The van der Waals surface area contributed by atoms with E-state index in [0.717, 1.165) is 13.0 Å². The lowest BCUT2D eigenvalue weighted by molar-refractivity contribution is -0.135. The molecular formula is C7H16N4O2.